The predicted octanol–water partition coefficient (Wildman–Crippen LogP) is -1.26. The van der Waals surface area contributed by atoms with Crippen LogP contribution in [0.25, 0.3) is 11.0 Å². The first-order valence-electron chi connectivity index (χ1n) is 4.30. The molecule has 70 valence electrons. The average Bonchev–Trinajstić information content (AvgIpc) is 2.18. The smallest absolute Gasteiger partial charge is 0.225 e. The predicted molar refractivity (Wildman–Crippen MR) is 57.6 cm³/mol. The van der Waals surface area contributed by atoms with Gasteiger partial charge in [0.25, 0.3) is 0 Å². The fourth-order valence-electron chi connectivity index (χ4n) is 1.18. The van der Waals surface area contributed by atoms with E-state index in [0.29, 0.717) is 5.95 Å². The van der Waals surface area contributed by atoms with Gasteiger partial charge < -0.3 is 4.90 Å². The van der Waals surface area contributed by atoms with E-state index in [1.165, 1.54) is 6.33 Å². The second-order valence-electron chi connectivity index (χ2n) is 3.26. The van der Waals surface area contributed by atoms with Crippen molar-refractivity contribution < 1.29 is 0 Å². The molecular weight excluding hydrogens is 177 g/mol. The third kappa shape index (κ3) is 1.39. The lowest BCUT2D eigenvalue weighted by molar-refractivity contribution is 1.01. The molecule has 6 heteroatoms. The minimum absolute atomic E-state index is 0.676. The molecule has 0 N–H and O–H groups in total. The van der Waals surface area contributed by atoms with Crippen LogP contribution >= 0.6 is 0 Å². The average molecular weight is 187 g/mol. The zero-order valence-corrected chi connectivity index (χ0v) is 8.39. The van der Waals surface area contributed by atoms with Crippen LogP contribution in [0.1, 0.15) is 0 Å². The van der Waals surface area contributed by atoms with Gasteiger partial charge in [-0.25, -0.2) is 19.9 Å². The highest BCUT2D eigenvalue weighted by molar-refractivity contribution is 6.36. The van der Waals surface area contributed by atoms with Crippen LogP contribution in [0.4, 0.5) is 5.95 Å². The molecule has 2 aromatic heterocycles. The fraction of sp³-hybridized carbons (Fsp3) is 0.250. The summed E-state index contributed by atoms with van der Waals surface area (Å²) in [5.74, 6) is 0.676. The van der Waals surface area contributed by atoms with Gasteiger partial charge in [0, 0.05) is 19.7 Å². The molecule has 2 heterocycles. The molecule has 0 atom stereocenters. The van der Waals surface area contributed by atoms with Gasteiger partial charge in [0.05, 0.1) is 6.20 Å². The van der Waals surface area contributed by atoms with Crippen molar-refractivity contribution in [3.05, 3.63) is 12.5 Å². The summed E-state index contributed by atoms with van der Waals surface area (Å²) < 4.78 is 0. The first-order valence-corrected chi connectivity index (χ1v) is 4.30. The summed E-state index contributed by atoms with van der Waals surface area (Å²) in [5, 5.41) is 0. The van der Waals surface area contributed by atoms with Gasteiger partial charge in [0.2, 0.25) is 5.95 Å². The molecule has 0 radical (unpaired) electrons. The largest absolute Gasteiger partial charge is 0.347 e. The Balaban J connectivity index is 2.70. The Morgan fingerprint density at radius 3 is 2.71 bits per heavy atom. The third-order valence-corrected chi connectivity index (χ3v) is 1.95. The number of rotatable bonds is 1. The zero-order valence-electron chi connectivity index (χ0n) is 8.39. The van der Waals surface area contributed by atoms with Gasteiger partial charge in [-0.1, -0.05) is 0 Å². The number of hydrogen-bond acceptors (Lipinski definition) is 5. The molecule has 0 bridgehead atoms. The van der Waals surface area contributed by atoms with Crippen LogP contribution < -0.4 is 10.5 Å². The number of nitrogens with zero attached hydrogens (tertiary/aromatic N) is 5. The molecule has 0 amide bonds. The summed E-state index contributed by atoms with van der Waals surface area (Å²) in [5.41, 5.74) is 2.47. The Morgan fingerprint density at radius 1 is 1.21 bits per heavy atom. The van der Waals surface area contributed by atoms with E-state index in [-0.39, 0.29) is 0 Å². The molecule has 0 aromatic carbocycles. The Hall–Kier alpha value is -1.72. The monoisotopic (exact) mass is 187 g/mol. The minimum atomic E-state index is 0.676. The van der Waals surface area contributed by atoms with Crippen molar-refractivity contribution in [2.24, 2.45) is 0 Å². The van der Waals surface area contributed by atoms with E-state index >= 15 is 0 Å². The Kier molecular flexibility index (Phi) is 2.03. The highest BCUT2D eigenvalue weighted by atomic mass is 15.2. The molecule has 0 saturated carbocycles. The van der Waals surface area contributed by atoms with E-state index in [9.17, 15) is 0 Å². The van der Waals surface area contributed by atoms with Crippen LogP contribution in [0.5, 0.6) is 0 Å². The molecule has 0 saturated heterocycles. The van der Waals surface area contributed by atoms with E-state index in [4.69, 9.17) is 0 Å². The van der Waals surface area contributed by atoms with E-state index in [1.807, 2.05) is 26.8 Å². The molecule has 0 unspecified atom stereocenters. The molecule has 5 nitrogen and oxygen atoms in total. The molecule has 2 aromatic rings. The number of hydrogen-bond donors (Lipinski definition) is 0. The third-order valence-electron chi connectivity index (χ3n) is 1.95. The van der Waals surface area contributed by atoms with Crippen molar-refractivity contribution in [3.8, 4) is 0 Å². The van der Waals surface area contributed by atoms with Crippen LogP contribution in [0.3, 0.4) is 0 Å². The Labute approximate surface area is 82.6 Å². The lowest BCUT2D eigenvalue weighted by Gasteiger charge is -2.10. The van der Waals surface area contributed by atoms with Crippen molar-refractivity contribution in [2.45, 2.75) is 0 Å². The normalized spacial score (nSPS) is 10.4. The van der Waals surface area contributed by atoms with Crippen LogP contribution in [0.2, 0.25) is 0 Å². The van der Waals surface area contributed by atoms with Gasteiger partial charge in [-0.2, -0.15) is 0 Å². The topological polar surface area (TPSA) is 54.8 Å². The van der Waals surface area contributed by atoms with Gasteiger partial charge in [-0.05, 0) is 0 Å². The van der Waals surface area contributed by atoms with E-state index in [1.54, 1.807) is 6.20 Å². The minimum Gasteiger partial charge on any atom is -0.347 e. The maximum absolute atomic E-state index is 4.36. The van der Waals surface area contributed by atoms with E-state index in [0.717, 1.165) is 16.6 Å². The van der Waals surface area contributed by atoms with Crippen molar-refractivity contribution in [1.29, 1.82) is 0 Å². The molecule has 2 rings (SSSR count). The Morgan fingerprint density at radius 2 is 2.00 bits per heavy atom. The summed E-state index contributed by atoms with van der Waals surface area (Å²) in [6.45, 7) is 0. The Bertz CT molecular complexity index is 470. The lowest BCUT2D eigenvalue weighted by Crippen LogP contribution is -2.16. The highest BCUT2D eigenvalue weighted by Crippen LogP contribution is 2.07. The summed E-state index contributed by atoms with van der Waals surface area (Å²) in [6.07, 6.45) is 3.24. The van der Waals surface area contributed by atoms with Gasteiger partial charge in [-0.3, -0.25) is 0 Å². The summed E-state index contributed by atoms with van der Waals surface area (Å²) >= 11 is 0. The number of anilines is 1. The number of aromatic nitrogens is 4. The molecule has 0 aliphatic rings. The SMILES string of the molecule is Bc1ncnc2cnc(N(C)C)nc12. The summed E-state index contributed by atoms with van der Waals surface area (Å²) in [6, 6.07) is 0. The van der Waals surface area contributed by atoms with Crippen LogP contribution in [-0.2, 0) is 0 Å². The van der Waals surface area contributed by atoms with Crippen molar-refractivity contribution in [2.75, 3.05) is 19.0 Å². The van der Waals surface area contributed by atoms with E-state index in [2.05, 4.69) is 19.9 Å². The first kappa shape index (κ1) is 8.86. The molecule has 0 aliphatic carbocycles. The summed E-state index contributed by atoms with van der Waals surface area (Å²) in [4.78, 5) is 18.6. The molecule has 0 spiro atoms. The first-order chi connectivity index (χ1) is 6.68. The molecule has 14 heavy (non-hydrogen) atoms. The standard InChI is InChI=1S/C8H10BN5/c1-14(2)8-10-3-5-6(13-8)7(9)12-4-11-5/h3-4H,9H2,1-2H3. The molecular formula is C8H10BN5. The van der Waals surface area contributed by atoms with Crippen LogP contribution in [0, 0.1) is 0 Å². The maximum atomic E-state index is 4.36. The molecule has 0 fully saturated rings. The van der Waals surface area contributed by atoms with E-state index < -0.39 is 0 Å². The van der Waals surface area contributed by atoms with Crippen molar-refractivity contribution in [3.63, 3.8) is 0 Å². The lowest BCUT2D eigenvalue weighted by atomic mass is 10.0. The highest BCUT2D eigenvalue weighted by Gasteiger charge is 2.04. The second-order valence-corrected chi connectivity index (χ2v) is 3.26. The molecule has 0 aliphatic heterocycles. The van der Waals surface area contributed by atoms with Gasteiger partial charge in [0.15, 0.2) is 7.85 Å². The number of fused-ring (bicyclic) bond motifs is 1. The quantitative estimate of drug-likeness (QED) is 0.522. The van der Waals surface area contributed by atoms with Gasteiger partial charge in [-0.15, -0.1) is 0 Å². The van der Waals surface area contributed by atoms with Crippen LogP contribution in [-0.4, -0.2) is 41.9 Å². The van der Waals surface area contributed by atoms with Crippen molar-refractivity contribution in [1.82, 2.24) is 19.9 Å². The fourth-order valence-corrected chi connectivity index (χ4v) is 1.18. The van der Waals surface area contributed by atoms with Gasteiger partial charge >= 0.3 is 0 Å². The summed E-state index contributed by atoms with van der Waals surface area (Å²) in [7, 11) is 5.72. The van der Waals surface area contributed by atoms with Crippen molar-refractivity contribution >= 4 is 30.4 Å². The van der Waals surface area contributed by atoms with Crippen LogP contribution in [0.15, 0.2) is 12.5 Å². The maximum Gasteiger partial charge on any atom is 0.225 e. The van der Waals surface area contributed by atoms with Gasteiger partial charge in [0.1, 0.15) is 17.4 Å². The second kappa shape index (κ2) is 3.21. The zero-order chi connectivity index (χ0) is 10.1.